The van der Waals surface area contributed by atoms with Crippen LogP contribution >= 0.6 is 0 Å². The summed E-state index contributed by atoms with van der Waals surface area (Å²) in [5, 5.41) is 12.4. The Balaban J connectivity index is 2.17. The highest BCUT2D eigenvalue weighted by Gasteiger charge is 2.09. The van der Waals surface area contributed by atoms with Crippen molar-refractivity contribution in [2.75, 3.05) is 13.2 Å². The van der Waals surface area contributed by atoms with E-state index in [1.54, 1.807) is 6.08 Å². The fraction of sp³-hybridized carbons (Fsp3) is 0.312. The Labute approximate surface area is 118 Å². The molecule has 0 spiro atoms. The van der Waals surface area contributed by atoms with Crippen LogP contribution in [0.1, 0.15) is 24.7 Å². The van der Waals surface area contributed by atoms with Crippen molar-refractivity contribution >= 4 is 23.0 Å². The SMILES string of the molecule is CCc1oc2ccccc2c1/C=C/C(=O)NCCCO. The summed E-state index contributed by atoms with van der Waals surface area (Å²) in [4.78, 5) is 11.6. The van der Waals surface area contributed by atoms with Gasteiger partial charge in [0.2, 0.25) is 5.91 Å². The van der Waals surface area contributed by atoms with Crippen LogP contribution in [0.15, 0.2) is 34.8 Å². The first-order valence-corrected chi connectivity index (χ1v) is 6.83. The summed E-state index contributed by atoms with van der Waals surface area (Å²) in [6, 6.07) is 7.80. The number of benzene rings is 1. The molecule has 2 N–H and O–H groups in total. The maximum absolute atomic E-state index is 11.6. The number of carbonyl (C=O) groups is 1. The smallest absolute Gasteiger partial charge is 0.244 e. The van der Waals surface area contributed by atoms with Crippen LogP contribution in [0.2, 0.25) is 0 Å². The van der Waals surface area contributed by atoms with Crippen molar-refractivity contribution in [3.05, 3.63) is 41.7 Å². The van der Waals surface area contributed by atoms with Gasteiger partial charge < -0.3 is 14.8 Å². The van der Waals surface area contributed by atoms with Gasteiger partial charge in [-0.05, 0) is 18.6 Å². The van der Waals surface area contributed by atoms with E-state index in [2.05, 4.69) is 5.32 Å². The second-order valence-electron chi connectivity index (χ2n) is 4.49. The molecule has 2 aromatic rings. The van der Waals surface area contributed by atoms with Crippen molar-refractivity contribution in [1.82, 2.24) is 5.32 Å². The first-order chi connectivity index (χ1) is 9.76. The molecule has 1 amide bonds. The van der Waals surface area contributed by atoms with Gasteiger partial charge in [-0.1, -0.05) is 25.1 Å². The maximum atomic E-state index is 11.6. The normalized spacial score (nSPS) is 11.3. The van der Waals surface area contributed by atoms with Crippen molar-refractivity contribution < 1.29 is 14.3 Å². The Kier molecular flexibility index (Phi) is 4.96. The lowest BCUT2D eigenvalue weighted by Crippen LogP contribution is -2.22. The second kappa shape index (κ2) is 6.91. The number of hydrogen-bond acceptors (Lipinski definition) is 3. The molecule has 0 saturated heterocycles. The van der Waals surface area contributed by atoms with Crippen molar-refractivity contribution in [1.29, 1.82) is 0 Å². The van der Waals surface area contributed by atoms with Crippen LogP contribution < -0.4 is 5.32 Å². The number of rotatable bonds is 6. The van der Waals surface area contributed by atoms with Crippen LogP contribution in [0.5, 0.6) is 0 Å². The number of hydrogen-bond donors (Lipinski definition) is 2. The summed E-state index contributed by atoms with van der Waals surface area (Å²) < 4.78 is 5.76. The Morgan fingerprint density at radius 1 is 1.40 bits per heavy atom. The minimum absolute atomic E-state index is 0.0797. The summed E-state index contributed by atoms with van der Waals surface area (Å²) in [7, 11) is 0. The lowest BCUT2D eigenvalue weighted by atomic mass is 10.1. The van der Waals surface area contributed by atoms with E-state index >= 15 is 0 Å². The zero-order valence-corrected chi connectivity index (χ0v) is 11.6. The van der Waals surface area contributed by atoms with E-state index in [0.29, 0.717) is 13.0 Å². The molecule has 1 aromatic carbocycles. The number of nitrogens with one attached hydrogen (secondary N) is 1. The number of aryl methyl sites for hydroxylation is 1. The van der Waals surface area contributed by atoms with Gasteiger partial charge in [0.25, 0.3) is 0 Å². The largest absolute Gasteiger partial charge is 0.460 e. The van der Waals surface area contributed by atoms with Crippen molar-refractivity contribution in [2.45, 2.75) is 19.8 Å². The molecule has 106 valence electrons. The molecule has 0 fully saturated rings. The highest BCUT2D eigenvalue weighted by molar-refractivity contribution is 5.96. The summed E-state index contributed by atoms with van der Waals surface area (Å²) in [5.74, 6) is 0.719. The molecule has 0 saturated carbocycles. The first kappa shape index (κ1) is 14.3. The van der Waals surface area contributed by atoms with Gasteiger partial charge in [-0.15, -0.1) is 0 Å². The average molecular weight is 273 g/mol. The molecule has 0 unspecified atom stereocenters. The molecule has 4 heteroatoms. The molecule has 1 aromatic heterocycles. The lowest BCUT2D eigenvalue weighted by Gasteiger charge is -1.99. The fourth-order valence-electron chi connectivity index (χ4n) is 2.07. The fourth-order valence-corrected chi connectivity index (χ4v) is 2.07. The maximum Gasteiger partial charge on any atom is 0.244 e. The monoisotopic (exact) mass is 273 g/mol. The third-order valence-corrected chi connectivity index (χ3v) is 3.07. The highest BCUT2D eigenvalue weighted by Crippen LogP contribution is 2.27. The highest BCUT2D eigenvalue weighted by atomic mass is 16.3. The summed E-state index contributed by atoms with van der Waals surface area (Å²) in [5.41, 5.74) is 1.80. The Morgan fingerprint density at radius 2 is 2.20 bits per heavy atom. The van der Waals surface area contributed by atoms with Crippen LogP contribution in [-0.4, -0.2) is 24.2 Å². The third kappa shape index (κ3) is 3.27. The quantitative estimate of drug-likeness (QED) is 0.628. The molecular weight excluding hydrogens is 254 g/mol. The number of amides is 1. The van der Waals surface area contributed by atoms with Gasteiger partial charge in [-0.3, -0.25) is 4.79 Å². The Morgan fingerprint density at radius 3 is 2.95 bits per heavy atom. The van der Waals surface area contributed by atoms with E-state index in [1.165, 1.54) is 6.08 Å². The molecule has 0 aliphatic rings. The number of aliphatic hydroxyl groups excluding tert-OH is 1. The molecule has 20 heavy (non-hydrogen) atoms. The molecule has 4 nitrogen and oxygen atoms in total. The molecule has 0 atom stereocenters. The second-order valence-corrected chi connectivity index (χ2v) is 4.49. The zero-order chi connectivity index (χ0) is 14.4. The van der Waals surface area contributed by atoms with Crippen LogP contribution in [0.4, 0.5) is 0 Å². The number of furan rings is 1. The first-order valence-electron chi connectivity index (χ1n) is 6.83. The Hall–Kier alpha value is -2.07. The van der Waals surface area contributed by atoms with Gasteiger partial charge in [0, 0.05) is 36.6 Å². The van der Waals surface area contributed by atoms with Crippen molar-refractivity contribution in [2.24, 2.45) is 0 Å². The van der Waals surface area contributed by atoms with Crippen molar-refractivity contribution in [3.8, 4) is 0 Å². The Bertz CT molecular complexity index is 613. The van der Waals surface area contributed by atoms with E-state index in [9.17, 15) is 4.79 Å². The van der Waals surface area contributed by atoms with Crippen LogP contribution in [-0.2, 0) is 11.2 Å². The third-order valence-electron chi connectivity index (χ3n) is 3.07. The standard InChI is InChI=1S/C16H19NO3/c1-2-14-13(8-9-16(19)17-10-5-11-18)12-6-3-4-7-15(12)20-14/h3-4,6-9,18H,2,5,10-11H2,1H3,(H,17,19)/b9-8+. The average Bonchev–Trinajstić information content (AvgIpc) is 2.83. The van der Waals surface area contributed by atoms with Gasteiger partial charge >= 0.3 is 0 Å². The molecular formula is C16H19NO3. The molecule has 0 aliphatic carbocycles. The molecule has 0 bridgehead atoms. The van der Waals surface area contributed by atoms with E-state index in [1.807, 2.05) is 31.2 Å². The van der Waals surface area contributed by atoms with E-state index in [-0.39, 0.29) is 12.5 Å². The number of para-hydroxylation sites is 1. The summed E-state index contributed by atoms with van der Waals surface area (Å²) in [6.45, 7) is 2.58. The topological polar surface area (TPSA) is 62.5 Å². The number of carbonyl (C=O) groups excluding carboxylic acids is 1. The van der Waals surface area contributed by atoms with Crippen LogP contribution in [0, 0.1) is 0 Å². The molecule has 1 heterocycles. The summed E-state index contributed by atoms with van der Waals surface area (Å²) in [6.07, 6.45) is 4.64. The molecule has 0 aliphatic heterocycles. The number of fused-ring (bicyclic) bond motifs is 1. The van der Waals surface area contributed by atoms with Gasteiger partial charge in [-0.25, -0.2) is 0 Å². The van der Waals surface area contributed by atoms with Gasteiger partial charge in [0.05, 0.1) is 0 Å². The van der Waals surface area contributed by atoms with Gasteiger partial charge in [0.1, 0.15) is 11.3 Å². The predicted octanol–water partition coefficient (Wildman–Crippen LogP) is 2.51. The summed E-state index contributed by atoms with van der Waals surface area (Å²) >= 11 is 0. The number of aliphatic hydroxyl groups is 1. The predicted molar refractivity (Wildman–Crippen MR) is 79.3 cm³/mol. The van der Waals surface area contributed by atoms with Crippen LogP contribution in [0.25, 0.3) is 17.0 Å². The van der Waals surface area contributed by atoms with E-state index < -0.39 is 0 Å². The minimum Gasteiger partial charge on any atom is -0.460 e. The van der Waals surface area contributed by atoms with Gasteiger partial charge in [-0.2, -0.15) is 0 Å². The minimum atomic E-state index is -0.161. The van der Waals surface area contributed by atoms with E-state index in [0.717, 1.165) is 28.7 Å². The lowest BCUT2D eigenvalue weighted by molar-refractivity contribution is -0.116. The van der Waals surface area contributed by atoms with E-state index in [4.69, 9.17) is 9.52 Å². The van der Waals surface area contributed by atoms with Gasteiger partial charge in [0.15, 0.2) is 0 Å². The van der Waals surface area contributed by atoms with Crippen molar-refractivity contribution in [3.63, 3.8) is 0 Å². The molecule has 2 rings (SSSR count). The van der Waals surface area contributed by atoms with Crippen LogP contribution in [0.3, 0.4) is 0 Å². The molecule has 0 radical (unpaired) electrons. The zero-order valence-electron chi connectivity index (χ0n) is 11.6.